The summed E-state index contributed by atoms with van der Waals surface area (Å²) in [6.07, 6.45) is 4.91. The molecule has 3 N–H and O–H groups in total. The van der Waals surface area contributed by atoms with Crippen molar-refractivity contribution in [3.05, 3.63) is 52.5 Å². The third-order valence-electron chi connectivity index (χ3n) is 2.98. The first kappa shape index (κ1) is 14.0. The van der Waals surface area contributed by atoms with Crippen LogP contribution in [0, 0.1) is 0 Å². The summed E-state index contributed by atoms with van der Waals surface area (Å²) < 4.78 is 3.22. The molecule has 2 heterocycles. The molecule has 0 spiro atoms. The number of amides is 1. The smallest absolute Gasteiger partial charge is 0.297 e. The van der Waals surface area contributed by atoms with Crippen molar-refractivity contribution in [3.63, 3.8) is 0 Å². The van der Waals surface area contributed by atoms with Gasteiger partial charge in [0.1, 0.15) is 0 Å². The van der Waals surface area contributed by atoms with E-state index >= 15 is 0 Å². The average molecular weight is 275 g/mol. The molecule has 106 valence electrons. The Balaban J connectivity index is 2.18. The third kappa shape index (κ3) is 2.77. The first-order valence-electron chi connectivity index (χ1n) is 6.26. The van der Waals surface area contributed by atoms with Crippen molar-refractivity contribution in [1.82, 2.24) is 19.5 Å². The summed E-state index contributed by atoms with van der Waals surface area (Å²) in [6, 6.07) is 3.44. The first-order chi connectivity index (χ1) is 9.52. The molecule has 1 amide bonds. The summed E-state index contributed by atoms with van der Waals surface area (Å²) in [6.45, 7) is 4.26. The van der Waals surface area contributed by atoms with Crippen LogP contribution in [0.1, 0.15) is 35.9 Å². The summed E-state index contributed by atoms with van der Waals surface area (Å²) >= 11 is 0. The van der Waals surface area contributed by atoms with Gasteiger partial charge in [-0.3, -0.25) is 24.3 Å². The number of hydrogen-bond donors (Lipinski definition) is 2. The lowest BCUT2D eigenvalue weighted by Gasteiger charge is -2.05. The average Bonchev–Trinajstić information content (AvgIpc) is 2.80. The molecule has 0 aliphatic rings. The second kappa shape index (κ2) is 5.70. The monoisotopic (exact) mass is 275 g/mol. The number of pyridine rings is 1. The Hall–Kier alpha value is -2.41. The number of hydrogen-bond acceptors (Lipinski definition) is 4. The molecule has 0 saturated heterocycles. The summed E-state index contributed by atoms with van der Waals surface area (Å²) in [7, 11) is 0. The van der Waals surface area contributed by atoms with Gasteiger partial charge >= 0.3 is 5.69 Å². The highest BCUT2D eigenvalue weighted by molar-refractivity contribution is 5.93. The van der Waals surface area contributed by atoms with Gasteiger partial charge in [0.05, 0.1) is 17.8 Å². The molecule has 2 aromatic rings. The molecule has 20 heavy (non-hydrogen) atoms. The van der Waals surface area contributed by atoms with Crippen LogP contribution in [-0.4, -0.2) is 20.0 Å². The van der Waals surface area contributed by atoms with E-state index < -0.39 is 5.91 Å². The Morgan fingerprint density at radius 2 is 2.15 bits per heavy atom. The standard InChI is InChI=1S/C13H17N5O2/c1-9(2)18-6-5-17(13(18)20)8-11-4-3-10(7-15-11)12(19)16-14/h3-7,9H,8,14H2,1-2H3,(H,16,19). The number of nitrogen functional groups attached to an aromatic ring is 1. The van der Waals surface area contributed by atoms with E-state index in [4.69, 9.17) is 5.84 Å². The molecule has 7 heteroatoms. The highest BCUT2D eigenvalue weighted by Crippen LogP contribution is 2.03. The van der Waals surface area contributed by atoms with E-state index in [0.29, 0.717) is 17.8 Å². The van der Waals surface area contributed by atoms with Gasteiger partial charge in [-0.05, 0) is 26.0 Å². The van der Waals surface area contributed by atoms with E-state index in [1.807, 2.05) is 19.3 Å². The van der Waals surface area contributed by atoms with Gasteiger partial charge in [-0.15, -0.1) is 0 Å². The Labute approximate surface area is 116 Å². The maximum absolute atomic E-state index is 12.1. The van der Waals surface area contributed by atoms with Crippen molar-refractivity contribution in [2.75, 3.05) is 0 Å². The topological polar surface area (TPSA) is 94.9 Å². The number of hydrazine groups is 1. The lowest BCUT2D eigenvalue weighted by atomic mass is 10.2. The number of nitrogens with zero attached hydrogens (tertiary/aromatic N) is 3. The van der Waals surface area contributed by atoms with Gasteiger partial charge in [0.2, 0.25) is 0 Å². The van der Waals surface area contributed by atoms with Gasteiger partial charge in [-0.25, -0.2) is 10.6 Å². The molecule has 2 rings (SSSR count). The van der Waals surface area contributed by atoms with Crippen molar-refractivity contribution < 1.29 is 4.79 Å². The number of nitrogens with one attached hydrogen (secondary N) is 1. The molecular weight excluding hydrogens is 258 g/mol. The van der Waals surface area contributed by atoms with Crippen molar-refractivity contribution in [2.24, 2.45) is 5.84 Å². The maximum Gasteiger partial charge on any atom is 0.328 e. The number of aromatic nitrogens is 3. The minimum Gasteiger partial charge on any atom is -0.297 e. The number of carbonyl (C=O) groups excluding carboxylic acids is 1. The van der Waals surface area contributed by atoms with Crippen LogP contribution in [0.4, 0.5) is 0 Å². The second-order valence-corrected chi connectivity index (χ2v) is 4.72. The molecule has 7 nitrogen and oxygen atoms in total. The number of nitrogens with two attached hydrogens (primary N) is 1. The van der Waals surface area contributed by atoms with Crippen LogP contribution in [0.15, 0.2) is 35.5 Å². The molecule has 0 unspecified atom stereocenters. The van der Waals surface area contributed by atoms with E-state index in [0.717, 1.165) is 0 Å². The molecular formula is C13H17N5O2. The maximum atomic E-state index is 12.1. The Kier molecular flexibility index (Phi) is 3.99. The summed E-state index contributed by atoms with van der Waals surface area (Å²) in [5.41, 5.74) is 3.03. The van der Waals surface area contributed by atoms with Crippen molar-refractivity contribution in [3.8, 4) is 0 Å². The van der Waals surface area contributed by atoms with Crippen LogP contribution < -0.4 is 17.0 Å². The molecule has 2 aromatic heterocycles. The van der Waals surface area contributed by atoms with Crippen molar-refractivity contribution in [2.45, 2.75) is 26.4 Å². The highest BCUT2D eigenvalue weighted by Gasteiger charge is 2.08. The fourth-order valence-electron chi connectivity index (χ4n) is 1.85. The quantitative estimate of drug-likeness (QED) is 0.476. The van der Waals surface area contributed by atoms with E-state index in [1.54, 1.807) is 33.7 Å². The SMILES string of the molecule is CC(C)n1ccn(Cc2ccc(C(=O)NN)cn2)c1=O. The van der Waals surface area contributed by atoms with Crippen LogP contribution >= 0.6 is 0 Å². The van der Waals surface area contributed by atoms with Crippen LogP contribution in [-0.2, 0) is 6.54 Å². The molecule has 0 fully saturated rings. The summed E-state index contributed by atoms with van der Waals surface area (Å²) in [5, 5.41) is 0. The van der Waals surface area contributed by atoms with Crippen LogP contribution in [0.2, 0.25) is 0 Å². The first-order valence-corrected chi connectivity index (χ1v) is 6.26. The Bertz CT molecular complexity index is 654. The highest BCUT2D eigenvalue weighted by atomic mass is 16.2. The van der Waals surface area contributed by atoms with Gasteiger partial charge < -0.3 is 0 Å². The van der Waals surface area contributed by atoms with Gasteiger partial charge in [0.25, 0.3) is 5.91 Å². The zero-order chi connectivity index (χ0) is 14.7. The molecule has 0 bridgehead atoms. The number of imidazole rings is 1. The van der Waals surface area contributed by atoms with Crippen molar-refractivity contribution >= 4 is 5.91 Å². The van der Waals surface area contributed by atoms with Gasteiger partial charge in [0.15, 0.2) is 0 Å². The van der Waals surface area contributed by atoms with Gasteiger partial charge in [-0.1, -0.05) is 0 Å². The largest absolute Gasteiger partial charge is 0.328 e. The van der Waals surface area contributed by atoms with E-state index in [9.17, 15) is 9.59 Å². The number of carbonyl (C=O) groups is 1. The predicted octanol–water partition coefficient (Wildman–Crippen LogP) is 0.277. The van der Waals surface area contributed by atoms with Gasteiger partial charge in [-0.2, -0.15) is 0 Å². The van der Waals surface area contributed by atoms with E-state index in [2.05, 4.69) is 4.98 Å². The zero-order valence-corrected chi connectivity index (χ0v) is 11.4. The fourth-order valence-corrected chi connectivity index (χ4v) is 1.85. The lowest BCUT2D eigenvalue weighted by molar-refractivity contribution is 0.0953. The molecule has 0 aliphatic carbocycles. The number of rotatable bonds is 4. The minimum absolute atomic E-state index is 0.0782. The fraction of sp³-hybridized carbons (Fsp3) is 0.308. The van der Waals surface area contributed by atoms with E-state index in [-0.39, 0.29) is 11.7 Å². The molecule has 0 aromatic carbocycles. The van der Waals surface area contributed by atoms with Crippen LogP contribution in [0.3, 0.4) is 0 Å². The Morgan fingerprint density at radius 3 is 2.65 bits per heavy atom. The molecule has 0 aliphatic heterocycles. The van der Waals surface area contributed by atoms with E-state index in [1.165, 1.54) is 6.20 Å². The molecule has 0 saturated carbocycles. The Morgan fingerprint density at radius 1 is 1.40 bits per heavy atom. The second-order valence-electron chi connectivity index (χ2n) is 4.72. The van der Waals surface area contributed by atoms with Gasteiger partial charge in [0, 0.05) is 24.6 Å². The van der Waals surface area contributed by atoms with Crippen LogP contribution in [0.5, 0.6) is 0 Å². The third-order valence-corrected chi connectivity index (χ3v) is 2.98. The molecule has 0 atom stereocenters. The van der Waals surface area contributed by atoms with Crippen LogP contribution in [0.25, 0.3) is 0 Å². The lowest BCUT2D eigenvalue weighted by Crippen LogP contribution is -2.30. The minimum atomic E-state index is -0.396. The summed E-state index contributed by atoms with van der Waals surface area (Å²) in [4.78, 5) is 27.5. The normalized spacial score (nSPS) is 10.8. The predicted molar refractivity (Wildman–Crippen MR) is 74.1 cm³/mol. The molecule has 0 radical (unpaired) electrons. The summed E-state index contributed by atoms with van der Waals surface area (Å²) in [5.74, 6) is 4.64. The van der Waals surface area contributed by atoms with Crippen molar-refractivity contribution in [1.29, 1.82) is 0 Å². The zero-order valence-electron chi connectivity index (χ0n) is 11.4.